The molecule has 2 aromatic heterocycles. The number of nitrogens with one attached hydrogen (secondary N) is 1. The molecule has 1 amide bonds. The lowest BCUT2D eigenvalue weighted by Crippen LogP contribution is -3.09. The third kappa shape index (κ3) is 3.63. The second kappa shape index (κ2) is 7.58. The van der Waals surface area contributed by atoms with Crippen LogP contribution in [0, 0.1) is 0 Å². The molecule has 8 heteroatoms. The second-order valence-corrected chi connectivity index (χ2v) is 7.51. The van der Waals surface area contributed by atoms with Gasteiger partial charge < -0.3 is 10.0 Å². The van der Waals surface area contributed by atoms with E-state index in [0.29, 0.717) is 12.4 Å². The number of quaternary nitrogens is 1. The van der Waals surface area contributed by atoms with Crippen LogP contribution in [0.4, 0.5) is 5.69 Å². The number of amides is 1. The van der Waals surface area contributed by atoms with Gasteiger partial charge in [0.2, 0.25) is 5.88 Å². The topological polar surface area (TPSA) is 84.3 Å². The highest BCUT2D eigenvalue weighted by atomic mass is 79.9. The first kappa shape index (κ1) is 17.8. The average molecular weight is 429 g/mol. The molecule has 0 spiro atoms. The molecule has 0 unspecified atom stereocenters. The summed E-state index contributed by atoms with van der Waals surface area (Å²) in [5.41, 5.74) is 1.38. The van der Waals surface area contributed by atoms with E-state index in [4.69, 9.17) is 0 Å². The molecule has 1 saturated heterocycles. The van der Waals surface area contributed by atoms with E-state index in [1.165, 1.54) is 23.9 Å². The standard InChI is InChI=1S/C19H18BrN5O2/c20-13-6-7-16-14(11-13)17(19(27)25(16)12-24-9-3-4-10-24)22-23-18(26)15-5-1-2-8-21-15/h1-2,5-8,11,27H,3-4,9-10,12H2/p+1. The van der Waals surface area contributed by atoms with Gasteiger partial charge in [0.15, 0.2) is 12.4 Å². The maximum absolute atomic E-state index is 12.2. The van der Waals surface area contributed by atoms with Crippen LogP contribution in [0.15, 0.2) is 57.3 Å². The summed E-state index contributed by atoms with van der Waals surface area (Å²) in [6.07, 6.45) is 3.93. The molecule has 0 radical (unpaired) electrons. The number of nitrogens with zero attached hydrogens (tertiary/aromatic N) is 4. The number of hydrogen-bond acceptors (Lipinski definition) is 4. The zero-order chi connectivity index (χ0) is 18.8. The number of pyridine rings is 1. The molecule has 3 aromatic rings. The van der Waals surface area contributed by atoms with Gasteiger partial charge in [0, 0.05) is 28.9 Å². The first-order chi connectivity index (χ1) is 13.1. The number of hydrogen-bond donors (Lipinski definition) is 2. The summed E-state index contributed by atoms with van der Waals surface area (Å²) in [4.78, 5) is 17.6. The number of benzene rings is 1. The van der Waals surface area contributed by atoms with E-state index in [-0.39, 0.29) is 11.6 Å². The van der Waals surface area contributed by atoms with Crippen molar-refractivity contribution < 1.29 is 14.8 Å². The lowest BCUT2D eigenvalue weighted by atomic mass is 10.2. The average Bonchev–Trinajstić information content (AvgIpc) is 3.28. The molecule has 1 fully saturated rings. The lowest BCUT2D eigenvalue weighted by molar-refractivity contribution is -0.910. The molecule has 138 valence electrons. The zero-order valence-electron chi connectivity index (χ0n) is 14.6. The van der Waals surface area contributed by atoms with Crippen LogP contribution >= 0.6 is 15.9 Å². The summed E-state index contributed by atoms with van der Waals surface area (Å²) >= 11 is 3.46. The smallest absolute Gasteiger partial charge is 0.313 e. The molecule has 0 aliphatic carbocycles. The van der Waals surface area contributed by atoms with Crippen molar-refractivity contribution >= 4 is 38.4 Å². The number of rotatable bonds is 4. The van der Waals surface area contributed by atoms with Gasteiger partial charge in [-0.3, -0.25) is 14.3 Å². The van der Waals surface area contributed by atoms with E-state index in [2.05, 4.69) is 31.1 Å². The minimum atomic E-state index is -0.545. The molecule has 1 aliphatic heterocycles. The molecule has 1 aliphatic rings. The largest absolute Gasteiger partial charge is 0.493 e. The number of halogens is 1. The number of fused-ring (bicyclic) bond motifs is 1. The van der Waals surface area contributed by atoms with E-state index in [9.17, 15) is 9.90 Å². The number of likely N-dealkylation sites (tertiary alicyclic amines) is 1. The van der Waals surface area contributed by atoms with E-state index in [1.54, 1.807) is 18.2 Å². The van der Waals surface area contributed by atoms with E-state index in [1.807, 2.05) is 22.8 Å². The lowest BCUT2D eigenvalue weighted by Gasteiger charge is -2.14. The first-order valence-corrected chi connectivity index (χ1v) is 9.64. The SMILES string of the molecule is O=C(N=Nc1c(O)n(C[NH+]2CCCC2)c2ccc(Br)cc12)c1ccccn1. The molecule has 1 aromatic carbocycles. The third-order valence-electron chi connectivity index (χ3n) is 4.79. The summed E-state index contributed by atoms with van der Waals surface area (Å²) in [5.74, 6) is -0.517. The van der Waals surface area contributed by atoms with E-state index in [0.717, 1.165) is 28.5 Å². The van der Waals surface area contributed by atoms with Crippen LogP contribution in [0.3, 0.4) is 0 Å². The van der Waals surface area contributed by atoms with Gasteiger partial charge in [-0.1, -0.05) is 22.0 Å². The number of aromatic nitrogens is 2. The Kier molecular flexibility index (Phi) is 5.00. The second-order valence-electron chi connectivity index (χ2n) is 6.60. The fourth-order valence-electron chi connectivity index (χ4n) is 3.45. The Hall–Kier alpha value is -2.58. The fourth-order valence-corrected chi connectivity index (χ4v) is 3.81. The van der Waals surface area contributed by atoms with Gasteiger partial charge in [-0.05, 0) is 30.3 Å². The summed E-state index contributed by atoms with van der Waals surface area (Å²) in [6.45, 7) is 2.84. The van der Waals surface area contributed by atoms with Crippen molar-refractivity contribution in [2.45, 2.75) is 19.5 Å². The molecule has 3 heterocycles. The van der Waals surface area contributed by atoms with Gasteiger partial charge in [-0.15, -0.1) is 10.2 Å². The summed E-state index contributed by atoms with van der Waals surface area (Å²) in [6, 6.07) is 10.8. The van der Waals surface area contributed by atoms with Crippen LogP contribution in [0.1, 0.15) is 23.3 Å². The van der Waals surface area contributed by atoms with Gasteiger partial charge >= 0.3 is 5.91 Å². The predicted octanol–water partition coefficient (Wildman–Crippen LogP) is 3.06. The van der Waals surface area contributed by atoms with Gasteiger partial charge in [0.05, 0.1) is 18.6 Å². The van der Waals surface area contributed by atoms with Crippen LogP contribution in [-0.4, -0.2) is 33.7 Å². The monoisotopic (exact) mass is 428 g/mol. The van der Waals surface area contributed by atoms with Crippen molar-refractivity contribution in [3.63, 3.8) is 0 Å². The quantitative estimate of drug-likeness (QED) is 0.626. The molecule has 7 nitrogen and oxygen atoms in total. The summed E-state index contributed by atoms with van der Waals surface area (Å²) in [5, 5.41) is 19.4. The van der Waals surface area contributed by atoms with Gasteiger partial charge in [0.25, 0.3) is 0 Å². The maximum atomic E-state index is 12.2. The van der Waals surface area contributed by atoms with E-state index < -0.39 is 5.91 Å². The molecule has 0 bridgehead atoms. The molecule has 2 N–H and O–H groups in total. The van der Waals surface area contributed by atoms with Crippen molar-refractivity contribution in [3.05, 3.63) is 52.8 Å². The zero-order valence-corrected chi connectivity index (χ0v) is 16.2. The fraction of sp³-hybridized carbons (Fsp3) is 0.263. The third-order valence-corrected chi connectivity index (χ3v) is 5.28. The van der Waals surface area contributed by atoms with Crippen molar-refractivity contribution in [3.8, 4) is 5.88 Å². The molecule has 27 heavy (non-hydrogen) atoms. The molecular weight excluding hydrogens is 410 g/mol. The summed E-state index contributed by atoms with van der Waals surface area (Å²) < 4.78 is 2.72. The molecular formula is C19H19BrN5O2+. The number of carbonyl (C=O) groups excluding carboxylic acids is 1. The van der Waals surface area contributed by atoms with Crippen LogP contribution in [0.2, 0.25) is 0 Å². The van der Waals surface area contributed by atoms with Crippen LogP contribution in [-0.2, 0) is 6.67 Å². The predicted molar refractivity (Wildman–Crippen MR) is 104 cm³/mol. The minimum Gasteiger partial charge on any atom is -0.493 e. The van der Waals surface area contributed by atoms with Crippen molar-refractivity contribution in [1.29, 1.82) is 0 Å². The van der Waals surface area contributed by atoms with Gasteiger partial charge in [0.1, 0.15) is 5.69 Å². The first-order valence-electron chi connectivity index (χ1n) is 8.85. The van der Waals surface area contributed by atoms with Gasteiger partial charge in [-0.2, -0.15) is 0 Å². The Morgan fingerprint density at radius 3 is 2.81 bits per heavy atom. The summed E-state index contributed by atoms with van der Waals surface area (Å²) in [7, 11) is 0. The number of aromatic hydroxyl groups is 1. The Morgan fingerprint density at radius 1 is 1.26 bits per heavy atom. The minimum absolute atomic E-state index is 0.0278. The molecule has 0 atom stereocenters. The Balaban J connectivity index is 1.73. The Bertz CT molecular complexity index is 1010. The Labute approximate surface area is 164 Å². The van der Waals surface area contributed by atoms with E-state index >= 15 is 0 Å². The Morgan fingerprint density at radius 2 is 2.07 bits per heavy atom. The van der Waals surface area contributed by atoms with Crippen molar-refractivity contribution in [2.75, 3.05) is 13.1 Å². The van der Waals surface area contributed by atoms with Crippen LogP contribution in [0.25, 0.3) is 10.9 Å². The van der Waals surface area contributed by atoms with Crippen molar-refractivity contribution in [1.82, 2.24) is 9.55 Å². The maximum Gasteiger partial charge on any atom is 0.313 e. The molecule has 4 rings (SSSR count). The normalized spacial score (nSPS) is 15.1. The number of azo groups is 1. The highest BCUT2D eigenvalue weighted by Crippen LogP contribution is 2.39. The van der Waals surface area contributed by atoms with Gasteiger partial charge in [-0.25, -0.2) is 0 Å². The molecule has 0 saturated carbocycles. The number of carbonyl (C=O) groups is 1. The van der Waals surface area contributed by atoms with Crippen molar-refractivity contribution in [2.24, 2.45) is 10.2 Å². The highest BCUT2D eigenvalue weighted by molar-refractivity contribution is 9.10. The van der Waals surface area contributed by atoms with Crippen LogP contribution in [0.5, 0.6) is 5.88 Å². The van der Waals surface area contributed by atoms with Crippen LogP contribution < -0.4 is 4.90 Å². The highest BCUT2D eigenvalue weighted by Gasteiger charge is 2.22.